The van der Waals surface area contributed by atoms with Crippen molar-refractivity contribution in [1.29, 1.82) is 5.26 Å². The molecule has 2 N–H and O–H groups in total. The van der Waals surface area contributed by atoms with Crippen LogP contribution in [0.5, 0.6) is 0 Å². The smallest absolute Gasteiger partial charge is 0.338 e. The summed E-state index contributed by atoms with van der Waals surface area (Å²) in [6.45, 7) is 5.74. The van der Waals surface area contributed by atoms with Crippen LogP contribution in [0, 0.1) is 23.2 Å². The molecule has 0 fully saturated rings. The molecule has 5 heteroatoms. The van der Waals surface area contributed by atoms with Gasteiger partial charge in [-0.25, -0.2) is 4.79 Å². The first-order valence-corrected chi connectivity index (χ1v) is 9.07. The fourth-order valence-electron chi connectivity index (χ4n) is 2.88. The molecule has 1 aliphatic rings. The Balaban J connectivity index is 2.41. The third kappa shape index (κ3) is 4.71. The number of benzene rings is 1. The Morgan fingerprint density at radius 2 is 2.00 bits per heavy atom. The summed E-state index contributed by atoms with van der Waals surface area (Å²) in [5, 5.41) is 9.57. The number of nitrogens with two attached hydrogens (primary N) is 1. The van der Waals surface area contributed by atoms with Gasteiger partial charge in [0.05, 0.1) is 18.1 Å². The average molecular weight is 364 g/mol. The number of hydrogen-bond acceptors (Lipinski definition) is 5. The molecule has 140 valence electrons. The van der Waals surface area contributed by atoms with Gasteiger partial charge in [-0.1, -0.05) is 37.3 Å². The van der Waals surface area contributed by atoms with E-state index in [1.54, 1.807) is 13.8 Å². The number of carbonyl (C=O) groups excluding carboxylic acids is 1. The number of nitriles is 1. The van der Waals surface area contributed by atoms with E-state index in [1.165, 1.54) is 0 Å². The largest absolute Gasteiger partial charge is 0.463 e. The van der Waals surface area contributed by atoms with E-state index >= 15 is 0 Å². The molecule has 1 aliphatic heterocycles. The number of hydrogen-bond donors (Lipinski definition) is 1. The molecule has 27 heavy (non-hydrogen) atoms. The lowest BCUT2D eigenvalue weighted by Gasteiger charge is -2.26. The lowest BCUT2D eigenvalue weighted by Crippen LogP contribution is -2.25. The van der Waals surface area contributed by atoms with Crippen molar-refractivity contribution < 1.29 is 14.3 Å². The van der Waals surface area contributed by atoms with Crippen LogP contribution in [-0.2, 0) is 14.3 Å². The van der Waals surface area contributed by atoms with Crippen molar-refractivity contribution in [3.8, 4) is 17.9 Å². The molecule has 0 amide bonds. The van der Waals surface area contributed by atoms with Crippen LogP contribution in [0.4, 0.5) is 0 Å². The normalized spacial score (nSPS) is 16.1. The molecule has 0 aliphatic carbocycles. The van der Waals surface area contributed by atoms with Crippen molar-refractivity contribution >= 4 is 5.97 Å². The molecule has 0 saturated carbocycles. The standard InChI is InChI=1S/C22H24N2O3/c1-4-6-7-8-9-16-10-12-17(13-11-16)20-18(14-23)21(24)27-15(3)19(20)22(25)26-5-2/h10-13,20H,4-7,24H2,1-3H3. The number of rotatable bonds is 5. The van der Waals surface area contributed by atoms with E-state index in [2.05, 4.69) is 24.8 Å². The number of nitrogens with zero attached hydrogens (tertiary/aromatic N) is 1. The second kappa shape index (κ2) is 9.50. The number of esters is 1. The summed E-state index contributed by atoms with van der Waals surface area (Å²) in [7, 11) is 0. The summed E-state index contributed by atoms with van der Waals surface area (Å²) in [6.07, 6.45) is 3.06. The number of carbonyl (C=O) groups is 1. The van der Waals surface area contributed by atoms with Gasteiger partial charge < -0.3 is 15.2 Å². The van der Waals surface area contributed by atoms with Gasteiger partial charge in [-0.3, -0.25) is 0 Å². The predicted octanol–water partition coefficient (Wildman–Crippen LogP) is 3.87. The molecule has 1 heterocycles. The zero-order valence-corrected chi connectivity index (χ0v) is 16.0. The van der Waals surface area contributed by atoms with Crippen LogP contribution >= 0.6 is 0 Å². The van der Waals surface area contributed by atoms with Gasteiger partial charge in [-0.05, 0) is 38.0 Å². The van der Waals surface area contributed by atoms with Gasteiger partial charge in [0.15, 0.2) is 0 Å². The third-order valence-corrected chi connectivity index (χ3v) is 4.23. The first-order valence-electron chi connectivity index (χ1n) is 9.07. The van der Waals surface area contributed by atoms with Gasteiger partial charge in [0.25, 0.3) is 0 Å². The number of ether oxygens (including phenoxy) is 2. The van der Waals surface area contributed by atoms with Gasteiger partial charge in [-0.2, -0.15) is 5.26 Å². The molecule has 0 aromatic heterocycles. The third-order valence-electron chi connectivity index (χ3n) is 4.23. The van der Waals surface area contributed by atoms with Gasteiger partial charge in [0.2, 0.25) is 5.88 Å². The van der Waals surface area contributed by atoms with E-state index in [1.807, 2.05) is 24.3 Å². The first kappa shape index (κ1) is 20.1. The fraction of sp³-hybridized carbons (Fsp3) is 0.364. The van der Waals surface area contributed by atoms with Crippen molar-refractivity contribution in [3.63, 3.8) is 0 Å². The second-order valence-electron chi connectivity index (χ2n) is 6.14. The highest BCUT2D eigenvalue weighted by atomic mass is 16.5. The molecule has 0 saturated heterocycles. The van der Waals surface area contributed by atoms with E-state index in [9.17, 15) is 10.1 Å². The molecule has 0 radical (unpaired) electrons. The molecule has 1 atom stereocenters. The maximum absolute atomic E-state index is 12.5. The summed E-state index contributed by atoms with van der Waals surface area (Å²) in [5.41, 5.74) is 8.04. The van der Waals surface area contributed by atoms with Gasteiger partial charge in [0.1, 0.15) is 17.4 Å². The molecule has 5 nitrogen and oxygen atoms in total. The fourth-order valence-corrected chi connectivity index (χ4v) is 2.88. The van der Waals surface area contributed by atoms with E-state index in [0.29, 0.717) is 11.3 Å². The summed E-state index contributed by atoms with van der Waals surface area (Å²) < 4.78 is 10.6. The maximum Gasteiger partial charge on any atom is 0.338 e. The molecular weight excluding hydrogens is 340 g/mol. The highest BCUT2D eigenvalue weighted by Gasteiger charge is 2.36. The lowest BCUT2D eigenvalue weighted by molar-refractivity contribution is -0.139. The Bertz CT molecular complexity index is 862. The highest BCUT2D eigenvalue weighted by Crippen LogP contribution is 2.39. The van der Waals surface area contributed by atoms with Gasteiger partial charge in [0, 0.05) is 12.0 Å². The van der Waals surface area contributed by atoms with Crippen LogP contribution < -0.4 is 5.73 Å². The summed E-state index contributed by atoms with van der Waals surface area (Å²) in [5.74, 6) is 5.50. The molecule has 1 aromatic carbocycles. The lowest BCUT2D eigenvalue weighted by atomic mass is 9.83. The van der Waals surface area contributed by atoms with E-state index in [-0.39, 0.29) is 18.1 Å². The zero-order chi connectivity index (χ0) is 19.8. The Kier molecular flexibility index (Phi) is 7.08. The topological polar surface area (TPSA) is 85.3 Å². The van der Waals surface area contributed by atoms with Crippen molar-refractivity contribution in [2.45, 2.75) is 46.0 Å². The Morgan fingerprint density at radius 1 is 1.30 bits per heavy atom. The van der Waals surface area contributed by atoms with Gasteiger partial charge >= 0.3 is 5.97 Å². The van der Waals surface area contributed by atoms with Crippen molar-refractivity contribution in [2.24, 2.45) is 5.73 Å². The Morgan fingerprint density at radius 3 is 2.59 bits per heavy atom. The molecule has 1 unspecified atom stereocenters. The quantitative estimate of drug-likeness (QED) is 0.487. The zero-order valence-electron chi connectivity index (χ0n) is 16.0. The summed E-state index contributed by atoms with van der Waals surface area (Å²) >= 11 is 0. The van der Waals surface area contributed by atoms with Gasteiger partial charge in [-0.15, -0.1) is 0 Å². The SMILES string of the molecule is CCCCC#Cc1ccc(C2C(C#N)=C(N)OC(C)=C2C(=O)OCC)cc1. The number of allylic oxidation sites excluding steroid dienone is 2. The van der Waals surface area contributed by atoms with Crippen LogP contribution in [0.15, 0.2) is 47.1 Å². The number of unbranched alkanes of at least 4 members (excludes halogenated alkanes) is 2. The molecule has 0 spiro atoms. The van der Waals surface area contributed by atoms with Crippen LogP contribution in [-0.4, -0.2) is 12.6 Å². The Hall–Kier alpha value is -3.18. The molecule has 1 aromatic rings. The summed E-state index contributed by atoms with van der Waals surface area (Å²) in [4.78, 5) is 12.5. The monoisotopic (exact) mass is 364 g/mol. The predicted molar refractivity (Wildman–Crippen MR) is 103 cm³/mol. The molecular formula is C22H24N2O3. The van der Waals surface area contributed by atoms with Crippen molar-refractivity contribution in [2.75, 3.05) is 6.61 Å². The molecule has 2 rings (SSSR count). The van der Waals surface area contributed by atoms with Crippen molar-refractivity contribution in [1.82, 2.24) is 0 Å². The minimum Gasteiger partial charge on any atom is -0.463 e. The summed E-state index contributed by atoms with van der Waals surface area (Å²) in [6, 6.07) is 9.55. The first-order chi connectivity index (χ1) is 13.0. The van der Waals surface area contributed by atoms with E-state index < -0.39 is 11.9 Å². The average Bonchev–Trinajstić information content (AvgIpc) is 2.65. The maximum atomic E-state index is 12.5. The van der Waals surface area contributed by atoms with E-state index in [0.717, 1.165) is 30.4 Å². The van der Waals surface area contributed by atoms with Crippen LogP contribution in [0.2, 0.25) is 0 Å². The Labute approximate surface area is 160 Å². The van der Waals surface area contributed by atoms with Crippen LogP contribution in [0.3, 0.4) is 0 Å². The minimum atomic E-state index is -0.620. The van der Waals surface area contributed by atoms with E-state index in [4.69, 9.17) is 15.2 Å². The van der Waals surface area contributed by atoms with Crippen LogP contribution in [0.1, 0.15) is 57.1 Å². The second-order valence-corrected chi connectivity index (χ2v) is 6.14. The molecule has 0 bridgehead atoms. The minimum absolute atomic E-state index is 0.0106. The van der Waals surface area contributed by atoms with Crippen molar-refractivity contribution in [3.05, 3.63) is 58.2 Å². The highest BCUT2D eigenvalue weighted by molar-refractivity contribution is 5.92. The van der Waals surface area contributed by atoms with Crippen LogP contribution in [0.25, 0.3) is 0 Å².